The van der Waals surface area contributed by atoms with Crippen LogP contribution < -0.4 is 5.56 Å². The highest BCUT2D eigenvalue weighted by molar-refractivity contribution is 8.00. The summed E-state index contributed by atoms with van der Waals surface area (Å²) in [6.45, 7) is 13.5. The van der Waals surface area contributed by atoms with Crippen LogP contribution in [0.1, 0.15) is 76.3 Å². The van der Waals surface area contributed by atoms with E-state index in [-0.39, 0.29) is 34.0 Å². The number of piperidine rings is 1. The Bertz CT molecular complexity index is 1170. The maximum absolute atomic E-state index is 13.4. The standard InChI is InChI=1S/C29H41N3O4S/c1-8-24(26(34)32-16-10-11-21(18-32)27(35)36-9-2)37-28-30-19(3)23(25(33)31(28)7)17-20-12-14-22(15-13-20)29(4,5)6/h12-15,21,24H,8-11,16-18H2,1-7H3. The van der Waals surface area contributed by atoms with Crippen molar-refractivity contribution in [3.63, 3.8) is 0 Å². The summed E-state index contributed by atoms with van der Waals surface area (Å²) in [5.74, 6) is -0.526. The number of nitrogens with zero attached hydrogens (tertiary/aromatic N) is 3. The van der Waals surface area contributed by atoms with Gasteiger partial charge >= 0.3 is 5.97 Å². The Morgan fingerprint density at radius 2 is 1.86 bits per heavy atom. The minimum atomic E-state index is -0.380. The predicted octanol–water partition coefficient (Wildman–Crippen LogP) is 4.65. The van der Waals surface area contributed by atoms with Gasteiger partial charge in [-0.2, -0.15) is 0 Å². The van der Waals surface area contributed by atoms with Crippen LogP contribution in [0.25, 0.3) is 0 Å². The summed E-state index contributed by atoms with van der Waals surface area (Å²) in [5, 5.41) is 0.155. The number of amides is 1. The van der Waals surface area contributed by atoms with Crippen molar-refractivity contribution in [3.05, 3.63) is 57.0 Å². The molecule has 1 aliphatic heterocycles. The van der Waals surface area contributed by atoms with Crippen LogP contribution in [-0.2, 0) is 33.2 Å². The number of benzene rings is 1. The predicted molar refractivity (Wildman–Crippen MR) is 148 cm³/mol. The van der Waals surface area contributed by atoms with Gasteiger partial charge in [-0.05, 0) is 49.7 Å². The van der Waals surface area contributed by atoms with Crippen molar-refractivity contribution in [3.8, 4) is 0 Å². The summed E-state index contributed by atoms with van der Waals surface area (Å²) in [5.41, 5.74) is 3.67. The van der Waals surface area contributed by atoms with Crippen LogP contribution in [0.3, 0.4) is 0 Å². The third-order valence-corrected chi connectivity index (χ3v) is 8.39. The average molecular weight is 528 g/mol. The molecule has 1 aromatic carbocycles. The van der Waals surface area contributed by atoms with Crippen molar-refractivity contribution < 1.29 is 14.3 Å². The zero-order chi connectivity index (χ0) is 27.3. The van der Waals surface area contributed by atoms with E-state index in [0.717, 1.165) is 18.4 Å². The molecule has 0 bridgehead atoms. The van der Waals surface area contributed by atoms with Crippen LogP contribution in [0.4, 0.5) is 0 Å². The summed E-state index contributed by atoms with van der Waals surface area (Å²) in [4.78, 5) is 45.5. The van der Waals surface area contributed by atoms with E-state index in [1.54, 1.807) is 23.4 Å². The van der Waals surface area contributed by atoms with Gasteiger partial charge in [-0.3, -0.25) is 19.0 Å². The molecule has 0 spiro atoms. The van der Waals surface area contributed by atoms with E-state index in [9.17, 15) is 14.4 Å². The molecule has 1 aliphatic rings. The zero-order valence-corrected chi connectivity index (χ0v) is 24.1. The number of likely N-dealkylation sites (tertiary alicyclic amines) is 1. The fraction of sp³-hybridized carbons (Fsp3) is 0.586. The number of hydrogen-bond donors (Lipinski definition) is 0. The molecule has 7 nitrogen and oxygen atoms in total. The molecule has 2 aromatic rings. The number of aromatic nitrogens is 2. The summed E-state index contributed by atoms with van der Waals surface area (Å²) < 4.78 is 6.74. The van der Waals surface area contributed by atoms with E-state index in [4.69, 9.17) is 9.72 Å². The quantitative estimate of drug-likeness (QED) is 0.282. The number of ether oxygens (including phenoxy) is 1. The Labute approximate surface area is 225 Å². The van der Waals surface area contributed by atoms with Crippen molar-refractivity contribution >= 4 is 23.6 Å². The molecule has 1 amide bonds. The number of rotatable bonds is 8. The molecular formula is C29H41N3O4S. The lowest BCUT2D eigenvalue weighted by molar-refractivity contribution is -0.151. The molecule has 1 fully saturated rings. The molecule has 2 unspecified atom stereocenters. The number of carbonyl (C=O) groups is 2. The zero-order valence-electron chi connectivity index (χ0n) is 23.3. The Kier molecular flexibility index (Phi) is 9.62. The van der Waals surface area contributed by atoms with Gasteiger partial charge in [0.1, 0.15) is 0 Å². The molecule has 0 saturated carbocycles. The Morgan fingerprint density at radius 1 is 1.19 bits per heavy atom. The number of hydrogen-bond acceptors (Lipinski definition) is 6. The Balaban J connectivity index is 1.76. The molecule has 202 valence electrons. The van der Waals surface area contributed by atoms with E-state index in [0.29, 0.717) is 49.0 Å². The van der Waals surface area contributed by atoms with Gasteiger partial charge in [-0.15, -0.1) is 0 Å². The molecule has 8 heteroatoms. The topological polar surface area (TPSA) is 81.5 Å². The van der Waals surface area contributed by atoms with E-state index in [1.807, 2.05) is 13.8 Å². The minimum absolute atomic E-state index is 0.0172. The molecule has 37 heavy (non-hydrogen) atoms. The molecular weight excluding hydrogens is 486 g/mol. The summed E-state index contributed by atoms with van der Waals surface area (Å²) in [7, 11) is 1.72. The maximum atomic E-state index is 13.4. The van der Waals surface area contributed by atoms with Crippen LogP contribution >= 0.6 is 11.8 Å². The Morgan fingerprint density at radius 3 is 2.46 bits per heavy atom. The molecule has 0 aliphatic carbocycles. The van der Waals surface area contributed by atoms with Gasteiger partial charge < -0.3 is 9.64 Å². The van der Waals surface area contributed by atoms with E-state index < -0.39 is 0 Å². The number of thioether (sulfide) groups is 1. The third kappa shape index (κ3) is 7.03. The SMILES string of the molecule is CCOC(=O)C1CCCN(C(=O)C(CC)Sc2nc(C)c(Cc3ccc(C(C)(C)C)cc3)c(=O)n2C)C1. The number of aryl methyl sites for hydroxylation is 1. The highest BCUT2D eigenvalue weighted by atomic mass is 32.2. The van der Waals surface area contributed by atoms with E-state index in [1.165, 1.54) is 17.3 Å². The van der Waals surface area contributed by atoms with E-state index >= 15 is 0 Å². The monoisotopic (exact) mass is 527 g/mol. The van der Waals surface area contributed by atoms with Gasteiger partial charge in [0.2, 0.25) is 5.91 Å². The van der Waals surface area contributed by atoms with Gasteiger partial charge in [0.15, 0.2) is 5.16 Å². The molecule has 3 rings (SSSR count). The molecule has 1 saturated heterocycles. The van der Waals surface area contributed by atoms with Gasteiger partial charge in [-0.1, -0.05) is 63.7 Å². The number of carbonyl (C=O) groups excluding carboxylic acids is 2. The summed E-state index contributed by atoms with van der Waals surface area (Å²) >= 11 is 1.33. The fourth-order valence-corrected chi connectivity index (χ4v) is 5.74. The number of esters is 1. The van der Waals surface area contributed by atoms with Crippen molar-refractivity contribution in [2.75, 3.05) is 19.7 Å². The largest absolute Gasteiger partial charge is 0.466 e. The lowest BCUT2D eigenvalue weighted by Crippen LogP contribution is -2.46. The van der Waals surface area contributed by atoms with E-state index in [2.05, 4.69) is 45.0 Å². The fourth-order valence-electron chi connectivity index (χ4n) is 4.63. The van der Waals surface area contributed by atoms with Crippen molar-refractivity contribution in [1.82, 2.24) is 14.5 Å². The van der Waals surface area contributed by atoms with Crippen LogP contribution in [0.15, 0.2) is 34.2 Å². The third-order valence-electron chi connectivity index (χ3n) is 7.00. The Hall–Kier alpha value is -2.61. The summed E-state index contributed by atoms with van der Waals surface area (Å²) in [6.07, 6.45) is 2.63. The lowest BCUT2D eigenvalue weighted by Gasteiger charge is -2.33. The average Bonchev–Trinajstić information content (AvgIpc) is 2.87. The van der Waals surface area contributed by atoms with Crippen molar-refractivity contribution in [2.45, 2.75) is 83.0 Å². The first kappa shape index (κ1) is 29.0. The van der Waals surface area contributed by atoms with Crippen molar-refractivity contribution in [1.29, 1.82) is 0 Å². The van der Waals surface area contributed by atoms with Gasteiger partial charge in [0, 0.05) is 37.8 Å². The molecule has 0 radical (unpaired) electrons. The lowest BCUT2D eigenvalue weighted by atomic mass is 9.86. The molecule has 2 atom stereocenters. The first-order valence-electron chi connectivity index (χ1n) is 13.2. The van der Waals surface area contributed by atoms with Crippen LogP contribution in [0.5, 0.6) is 0 Å². The minimum Gasteiger partial charge on any atom is -0.466 e. The highest BCUT2D eigenvalue weighted by Crippen LogP contribution is 2.28. The second-order valence-electron chi connectivity index (χ2n) is 10.8. The van der Waals surface area contributed by atoms with Crippen LogP contribution in [0, 0.1) is 12.8 Å². The molecule has 1 aromatic heterocycles. The molecule has 2 heterocycles. The highest BCUT2D eigenvalue weighted by Gasteiger charge is 2.33. The van der Waals surface area contributed by atoms with Gasteiger partial charge in [0.25, 0.3) is 5.56 Å². The van der Waals surface area contributed by atoms with Gasteiger partial charge in [-0.25, -0.2) is 4.98 Å². The van der Waals surface area contributed by atoms with Crippen LogP contribution in [0.2, 0.25) is 0 Å². The second kappa shape index (κ2) is 12.3. The van der Waals surface area contributed by atoms with Gasteiger partial charge in [0.05, 0.1) is 17.8 Å². The molecule has 0 N–H and O–H groups in total. The normalized spacial score (nSPS) is 16.9. The summed E-state index contributed by atoms with van der Waals surface area (Å²) in [6, 6.07) is 8.40. The second-order valence-corrected chi connectivity index (χ2v) is 12.0. The maximum Gasteiger partial charge on any atom is 0.310 e. The first-order chi connectivity index (χ1) is 17.5. The van der Waals surface area contributed by atoms with Crippen LogP contribution in [-0.4, -0.2) is 51.3 Å². The smallest absolute Gasteiger partial charge is 0.310 e. The first-order valence-corrected chi connectivity index (χ1v) is 14.1. The van der Waals surface area contributed by atoms with Crippen molar-refractivity contribution in [2.24, 2.45) is 13.0 Å².